The van der Waals surface area contributed by atoms with Gasteiger partial charge in [0.1, 0.15) is 0 Å². The van der Waals surface area contributed by atoms with E-state index in [9.17, 15) is 13.2 Å². The number of hydrogen-bond donors (Lipinski definition) is 1. The van der Waals surface area contributed by atoms with Crippen molar-refractivity contribution in [1.82, 2.24) is 9.62 Å². The van der Waals surface area contributed by atoms with Crippen LogP contribution in [0.2, 0.25) is 0 Å². The van der Waals surface area contributed by atoms with Crippen molar-refractivity contribution in [2.45, 2.75) is 57.4 Å². The van der Waals surface area contributed by atoms with Crippen molar-refractivity contribution in [1.29, 1.82) is 0 Å². The first-order chi connectivity index (χ1) is 14.3. The lowest BCUT2D eigenvalue weighted by Crippen LogP contribution is -2.36. The molecule has 162 valence electrons. The highest BCUT2D eigenvalue weighted by molar-refractivity contribution is 7.89. The van der Waals surface area contributed by atoms with Crippen LogP contribution in [0.5, 0.6) is 0 Å². The number of nitrogens with zero attached hydrogens (tertiary/aromatic N) is 1. The summed E-state index contributed by atoms with van der Waals surface area (Å²) in [6.45, 7) is 7.18. The molecule has 1 amide bonds. The smallest absolute Gasteiger partial charge is 0.252 e. The fraction of sp³-hybridized carbons (Fsp3) is 0.458. The molecular formula is C24H32N2O3S. The number of carbonyl (C=O) groups excluding carboxylic acids is 1. The van der Waals surface area contributed by atoms with Crippen LogP contribution in [-0.4, -0.2) is 31.7 Å². The predicted molar refractivity (Wildman–Crippen MR) is 120 cm³/mol. The molecule has 3 rings (SSSR count). The Kier molecular flexibility index (Phi) is 7.32. The zero-order valence-corrected chi connectivity index (χ0v) is 18.9. The third-order valence-corrected chi connectivity index (χ3v) is 7.52. The SMILES string of the molecule is Cc1ccc(S(=O)(=O)N2CCCCC2)cc1C(=O)N[C@@H](CC(C)C)c1ccccc1. The van der Waals surface area contributed by atoms with Gasteiger partial charge in [-0.1, -0.05) is 56.7 Å². The van der Waals surface area contributed by atoms with Gasteiger partial charge in [-0.25, -0.2) is 8.42 Å². The summed E-state index contributed by atoms with van der Waals surface area (Å²) in [4.78, 5) is 13.4. The van der Waals surface area contributed by atoms with E-state index < -0.39 is 10.0 Å². The van der Waals surface area contributed by atoms with Crippen LogP contribution in [0, 0.1) is 12.8 Å². The van der Waals surface area contributed by atoms with Crippen molar-refractivity contribution in [3.8, 4) is 0 Å². The quantitative estimate of drug-likeness (QED) is 0.696. The molecule has 30 heavy (non-hydrogen) atoms. The number of piperidine rings is 1. The van der Waals surface area contributed by atoms with Crippen molar-refractivity contribution in [3.63, 3.8) is 0 Å². The molecule has 5 nitrogen and oxygen atoms in total. The van der Waals surface area contributed by atoms with Crippen LogP contribution >= 0.6 is 0 Å². The maximum absolute atomic E-state index is 13.2. The highest BCUT2D eigenvalue weighted by Gasteiger charge is 2.27. The zero-order valence-electron chi connectivity index (χ0n) is 18.1. The molecular weight excluding hydrogens is 396 g/mol. The van der Waals surface area contributed by atoms with Gasteiger partial charge in [0.15, 0.2) is 0 Å². The summed E-state index contributed by atoms with van der Waals surface area (Å²) in [6.07, 6.45) is 3.63. The average molecular weight is 429 g/mol. The maximum Gasteiger partial charge on any atom is 0.252 e. The summed E-state index contributed by atoms with van der Waals surface area (Å²) in [5, 5.41) is 3.13. The summed E-state index contributed by atoms with van der Waals surface area (Å²) in [6, 6.07) is 14.7. The number of carbonyl (C=O) groups is 1. The molecule has 0 bridgehead atoms. The van der Waals surface area contributed by atoms with Crippen LogP contribution in [0.15, 0.2) is 53.4 Å². The number of sulfonamides is 1. The minimum atomic E-state index is -3.58. The van der Waals surface area contributed by atoms with Gasteiger partial charge < -0.3 is 5.32 Å². The highest BCUT2D eigenvalue weighted by Crippen LogP contribution is 2.25. The number of hydrogen-bond acceptors (Lipinski definition) is 3. The fourth-order valence-corrected chi connectivity index (χ4v) is 5.48. The van der Waals surface area contributed by atoms with Crippen LogP contribution in [0.25, 0.3) is 0 Å². The normalized spacial score (nSPS) is 16.4. The Morgan fingerprint density at radius 3 is 2.33 bits per heavy atom. The summed E-state index contributed by atoms with van der Waals surface area (Å²) < 4.78 is 27.6. The topological polar surface area (TPSA) is 66.5 Å². The Hall–Kier alpha value is -2.18. The van der Waals surface area contributed by atoms with Crippen LogP contribution < -0.4 is 5.32 Å². The molecule has 0 radical (unpaired) electrons. The molecule has 0 aliphatic carbocycles. The van der Waals surface area contributed by atoms with E-state index in [4.69, 9.17) is 0 Å². The van der Waals surface area contributed by atoms with E-state index in [1.165, 1.54) is 10.4 Å². The first-order valence-corrected chi connectivity index (χ1v) is 12.2. The van der Waals surface area contributed by atoms with E-state index in [1.807, 2.05) is 37.3 Å². The van der Waals surface area contributed by atoms with Gasteiger partial charge in [-0.3, -0.25) is 4.79 Å². The van der Waals surface area contributed by atoms with E-state index in [0.29, 0.717) is 24.6 Å². The summed E-state index contributed by atoms with van der Waals surface area (Å²) in [5.41, 5.74) is 2.23. The highest BCUT2D eigenvalue weighted by atomic mass is 32.2. The number of rotatable bonds is 7. The number of benzene rings is 2. The van der Waals surface area contributed by atoms with E-state index in [2.05, 4.69) is 19.2 Å². The number of nitrogens with one attached hydrogen (secondary N) is 1. The summed E-state index contributed by atoms with van der Waals surface area (Å²) >= 11 is 0. The van der Waals surface area contributed by atoms with Crippen molar-refractivity contribution in [2.75, 3.05) is 13.1 Å². The molecule has 1 fully saturated rings. The van der Waals surface area contributed by atoms with Crippen LogP contribution in [0.3, 0.4) is 0 Å². The van der Waals surface area contributed by atoms with Gasteiger partial charge in [0.05, 0.1) is 10.9 Å². The second-order valence-corrected chi connectivity index (χ2v) is 10.4. The van der Waals surface area contributed by atoms with Crippen LogP contribution in [0.1, 0.15) is 67.1 Å². The van der Waals surface area contributed by atoms with E-state index >= 15 is 0 Å². The molecule has 0 unspecified atom stereocenters. The fourth-order valence-electron chi connectivity index (χ4n) is 3.93. The third-order valence-electron chi connectivity index (χ3n) is 5.62. The van der Waals surface area contributed by atoms with E-state index in [0.717, 1.165) is 36.8 Å². The molecule has 1 saturated heterocycles. The molecule has 1 heterocycles. The van der Waals surface area contributed by atoms with Crippen molar-refractivity contribution in [2.24, 2.45) is 5.92 Å². The van der Waals surface area contributed by atoms with Gasteiger partial charge in [-0.15, -0.1) is 0 Å². The first-order valence-electron chi connectivity index (χ1n) is 10.8. The molecule has 1 aliphatic rings. The van der Waals surface area contributed by atoms with Gasteiger partial charge in [0.25, 0.3) is 5.91 Å². The van der Waals surface area contributed by atoms with E-state index in [-0.39, 0.29) is 16.8 Å². The lowest BCUT2D eigenvalue weighted by Gasteiger charge is -2.26. The molecule has 1 aliphatic heterocycles. The Morgan fingerprint density at radius 1 is 1.03 bits per heavy atom. The minimum absolute atomic E-state index is 0.125. The van der Waals surface area contributed by atoms with Crippen LogP contribution in [-0.2, 0) is 10.0 Å². The molecule has 6 heteroatoms. The Balaban J connectivity index is 1.87. The Morgan fingerprint density at radius 2 is 1.70 bits per heavy atom. The zero-order chi connectivity index (χ0) is 21.7. The summed E-state index contributed by atoms with van der Waals surface area (Å²) in [5.74, 6) is 0.167. The average Bonchev–Trinajstić information content (AvgIpc) is 2.74. The molecule has 1 atom stereocenters. The van der Waals surface area contributed by atoms with Gasteiger partial charge in [-0.2, -0.15) is 4.31 Å². The minimum Gasteiger partial charge on any atom is -0.345 e. The van der Waals surface area contributed by atoms with Crippen molar-refractivity contribution in [3.05, 3.63) is 65.2 Å². The summed E-state index contributed by atoms with van der Waals surface area (Å²) in [7, 11) is -3.58. The number of aryl methyl sites for hydroxylation is 1. The largest absolute Gasteiger partial charge is 0.345 e. The Bertz CT molecular complexity index is 965. The molecule has 1 N–H and O–H groups in total. The number of amides is 1. The monoisotopic (exact) mass is 428 g/mol. The van der Waals surface area contributed by atoms with E-state index in [1.54, 1.807) is 12.1 Å². The van der Waals surface area contributed by atoms with Gasteiger partial charge in [-0.05, 0) is 55.4 Å². The molecule has 0 saturated carbocycles. The lowest BCUT2D eigenvalue weighted by atomic mass is 9.96. The third kappa shape index (κ3) is 5.29. The molecule has 0 aromatic heterocycles. The van der Waals surface area contributed by atoms with Crippen LogP contribution in [0.4, 0.5) is 0 Å². The van der Waals surface area contributed by atoms with Gasteiger partial charge >= 0.3 is 0 Å². The molecule has 2 aromatic rings. The predicted octanol–water partition coefficient (Wildman–Crippen LogP) is 4.69. The molecule has 2 aromatic carbocycles. The Labute approximate surface area is 180 Å². The van der Waals surface area contributed by atoms with Crippen molar-refractivity contribution < 1.29 is 13.2 Å². The standard InChI is InChI=1S/C24H32N2O3S/c1-18(2)16-23(20-10-6-4-7-11-20)25-24(27)22-17-21(13-12-19(22)3)30(28,29)26-14-8-5-9-15-26/h4,6-7,10-13,17-18,23H,5,8-9,14-16H2,1-3H3,(H,25,27)/t23-/m0/s1. The second-order valence-electron chi connectivity index (χ2n) is 8.51. The van der Waals surface area contributed by atoms with Crippen molar-refractivity contribution >= 4 is 15.9 Å². The lowest BCUT2D eigenvalue weighted by molar-refractivity contribution is 0.0931. The first kappa shape index (κ1) is 22.5. The van der Waals surface area contributed by atoms with Gasteiger partial charge in [0.2, 0.25) is 10.0 Å². The maximum atomic E-state index is 13.2. The second kappa shape index (κ2) is 9.75. The molecule has 0 spiro atoms. The van der Waals surface area contributed by atoms with Gasteiger partial charge in [0, 0.05) is 18.7 Å².